The van der Waals surface area contributed by atoms with Crippen molar-refractivity contribution in [3.8, 4) is 5.75 Å². The van der Waals surface area contributed by atoms with Crippen molar-refractivity contribution in [3.05, 3.63) is 60.2 Å². The van der Waals surface area contributed by atoms with E-state index < -0.39 is 0 Å². The molecule has 2 amide bonds. The Bertz CT molecular complexity index is 802. The van der Waals surface area contributed by atoms with E-state index in [9.17, 15) is 9.59 Å². The van der Waals surface area contributed by atoms with Gasteiger partial charge in [0.05, 0.1) is 12.0 Å². The predicted octanol–water partition coefficient (Wildman–Crippen LogP) is 3.75. The highest BCUT2D eigenvalue weighted by atomic mass is 16.5. The molecule has 1 aliphatic heterocycles. The zero-order chi connectivity index (χ0) is 20.1. The van der Waals surface area contributed by atoms with Crippen molar-refractivity contribution in [2.45, 2.75) is 39.2 Å². The molecule has 0 aromatic heterocycles. The van der Waals surface area contributed by atoms with Crippen molar-refractivity contribution in [3.63, 3.8) is 0 Å². The van der Waals surface area contributed by atoms with Crippen molar-refractivity contribution in [2.24, 2.45) is 5.92 Å². The molecule has 2 aromatic carbocycles. The number of ether oxygens (including phenoxy) is 1. The highest BCUT2D eigenvalue weighted by Crippen LogP contribution is 2.27. The molecule has 2 atom stereocenters. The molecule has 1 fully saturated rings. The van der Waals surface area contributed by atoms with Crippen LogP contribution in [0.25, 0.3) is 0 Å². The zero-order valence-corrected chi connectivity index (χ0v) is 16.7. The monoisotopic (exact) mass is 380 g/mol. The Kier molecular flexibility index (Phi) is 6.34. The summed E-state index contributed by atoms with van der Waals surface area (Å²) in [5, 5.41) is 3.01. The average Bonchev–Trinajstić information content (AvgIpc) is 3.08. The highest BCUT2D eigenvalue weighted by molar-refractivity contribution is 6.00. The summed E-state index contributed by atoms with van der Waals surface area (Å²) in [7, 11) is 0. The lowest BCUT2D eigenvalue weighted by Crippen LogP contribution is -2.35. The molecule has 148 valence electrons. The Morgan fingerprint density at radius 3 is 2.43 bits per heavy atom. The van der Waals surface area contributed by atoms with Crippen LogP contribution in [0.4, 0.5) is 5.69 Å². The van der Waals surface area contributed by atoms with Crippen LogP contribution in [0.1, 0.15) is 38.7 Å². The Hall–Kier alpha value is -2.82. The van der Waals surface area contributed by atoms with Gasteiger partial charge in [-0.25, -0.2) is 0 Å². The first kappa shape index (κ1) is 19.9. The van der Waals surface area contributed by atoms with Crippen molar-refractivity contribution >= 4 is 17.5 Å². The van der Waals surface area contributed by atoms with Crippen LogP contribution in [-0.2, 0) is 9.59 Å². The van der Waals surface area contributed by atoms with E-state index in [0.717, 1.165) is 11.4 Å². The van der Waals surface area contributed by atoms with E-state index in [4.69, 9.17) is 4.74 Å². The van der Waals surface area contributed by atoms with E-state index in [1.807, 2.05) is 56.3 Å². The van der Waals surface area contributed by atoms with Gasteiger partial charge in [0.2, 0.25) is 11.8 Å². The van der Waals surface area contributed by atoms with Gasteiger partial charge in [0.15, 0.2) is 0 Å². The quantitative estimate of drug-likeness (QED) is 0.796. The van der Waals surface area contributed by atoms with Gasteiger partial charge in [-0.1, -0.05) is 37.3 Å². The van der Waals surface area contributed by atoms with Crippen LogP contribution >= 0.6 is 0 Å². The third-order valence-corrected chi connectivity index (χ3v) is 4.97. The van der Waals surface area contributed by atoms with Crippen LogP contribution in [0, 0.1) is 5.92 Å². The maximum Gasteiger partial charge on any atom is 0.227 e. The number of carbonyl (C=O) groups excluding carboxylic acids is 2. The number of carbonyl (C=O) groups is 2. The molecular formula is C23H28N2O3. The summed E-state index contributed by atoms with van der Waals surface area (Å²) in [4.78, 5) is 26.7. The van der Waals surface area contributed by atoms with Gasteiger partial charge in [-0.3, -0.25) is 9.59 Å². The number of benzene rings is 2. The van der Waals surface area contributed by atoms with E-state index in [2.05, 4.69) is 24.4 Å². The fraction of sp³-hybridized carbons (Fsp3) is 0.391. The zero-order valence-electron chi connectivity index (χ0n) is 16.7. The third-order valence-electron chi connectivity index (χ3n) is 4.97. The predicted molar refractivity (Wildman–Crippen MR) is 111 cm³/mol. The first-order valence-corrected chi connectivity index (χ1v) is 9.83. The number of anilines is 1. The molecule has 1 N–H and O–H groups in total. The molecule has 28 heavy (non-hydrogen) atoms. The number of amides is 2. The molecule has 0 spiro atoms. The fourth-order valence-corrected chi connectivity index (χ4v) is 3.41. The molecule has 1 saturated heterocycles. The third kappa shape index (κ3) is 4.91. The first-order chi connectivity index (χ1) is 13.4. The number of nitrogens with one attached hydrogen (secondary N) is 1. The second-order valence-corrected chi connectivity index (χ2v) is 7.62. The normalized spacial score (nSPS) is 17.6. The van der Waals surface area contributed by atoms with E-state index in [1.54, 1.807) is 4.90 Å². The van der Waals surface area contributed by atoms with Crippen LogP contribution < -0.4 is 15.0 Å². The molecular weight excluding hydrogens is 352 g/mol. The topological polar surface area (TPSA) is 58.6 Å². The SMILES string of the molecule is CC(C)Oc1ccc(N2C[C@@H](C(=O)NC[C@@H](C)c3ccccc3)CC2=O)cc1. The van der Waals surface area contributed by atoms with Crippen molar-refractivity contribution in [1.29, 1.82) is 0 Å². The van der Waals surface area contributed by atoms with E-state index in [1.165, 1.54) is 5.56 Å². The lowest BCUT2D eigenvalue weighted by Gasteiger charge is -2.18. The highest BCUT2D eigenvalue weighted by Gasteiger charge is 2.35. The summed E-state index contributed by atoms with van der Waals surface area (Å²) in [6.07, 6.45) is 0.348. The summed E-state index contributed by atoms with van der Waals surface area (Å²) >= 11 is 0. The Balaban J connectivity index is 1.55. The van der Waals surface area contributed by atoms with Gasteiger partial charge in [-0.2, -0.15) is 0 Å². The lowest BCUT2D eigenvalue weighted by atomic mass is 10.0. The summed E-state index contributed by atoms with van der Waals surface area (Å²) < 4.78 is 5.64. The number of rotatable bonds is 7. The standard InChI is InChI=1S/C23H28N2O3/c1-16(2)28-21-11-9-20(10-12-21)25-15-19(13-22(25)26)23(27)24-14-17(3)18-7-5-4-6-8-18/h4-12,16-17,19H,13-15H2,1-3H3,(H,24,27)/t17-,19+/m1/s1. The fourth-order valence-electron chi connectivity index (χ4n) is 3.41. The number of nitrogens with zero attached hydrogens (tertiary/aromatic N) is 1. The van der Waals surface area contributed by atoms with Gasteiger partial charge >= 0.3 is 0 Å². The molecule has 2 aromatic rings. The Morgan fingerprint density at radius 1 is 1.11 bits per heavy atom. The largest absolute Gasteiger partial charge is 0.491 e. The molecule has 1 aliphatic rings. The van der Waals surface area contributed by atoms with Crippen molar-refractivity contribution in [1.82, 2.24) is 5.32 Å². The summed E-state index contributed by atoms with van der Waals surface area (Å²) in [6, 6.07) is 17.6. The Labute approximate surface area is 166 Å². The second kappa shape index (κ2) is 8.91. The minimum atomic E-state index is -0.318. The minimum Gasteiger partial charge on any atom is -0.491 e. The first-order valence-electron chi connectivity index (χ1n) is 9.83. The van der Waals surface area contributed by atoms with Crippen molar-refractivity contribution in [2.75, 3.05) is 18.0 Å². The molecule has 0 unspecified atom stereocenters. The lowest BCUT2D eigenvalue weighted by molar-refractivity contribution is -0.126. The van der Waals surface area contributed by atoms with Crippen LogP contribution in [-0.4, -0.2) is 31.0 Å². The summed E-state index contributed by atoms with van der Waals surface area (Å²) in [5.74, 6) is 0.607. The molecule has 5 heteroatoms. The molecule has 0 radical (unpaired) electrons. The average molecular weight is 380 g/mol. The molecule has 0 bridgehead atoms. The van der Waals surface area contributed by atoms with Gasteiger partial charge < -0.3 is 15.0 Å². The molecule has 3 rings (SSSR count). The van der Waals surface area contributed by atoms with Gasteiger partial charge in [0, 0.05) is 25.2 Å². The number of hydrogen-bond donors (Lipinski definition) is 1. The van der Waals surface area contributed by atoms with Crippen LogP contribution in [0.5, 0.6) is 5.75 Å². The van der Waals surface area contributed by atoms with Gasteiger partial charge in [-0.05, 0) is 49.6 Å². The van der Waals surface area contributed by atoms with Gasteiger partial charge in [0.1, 0.15) is 5.75 Å². The second-order valence-electron chi connectivity index (χ2n) is 7.62. The van der Waals surface area contributed by atoms with Gasteiger partial charge in [0.25, 0.3) is 0 Å². The summed E-state index contributed by atoms with van der Waals surface area (Å²) in [5.41, 5.74) is 1.99. The smallest absolute Gasteiger partial charge is 0.227 e. The van der Waals surface area contributed by atoms with E-state index >= 15 is 0 Å². The van der Waals surface area contributed by atoms with Crippen LogP contribution in [0.2, 0.25) is 0 Å². The summed E-state index contributed by atoms with van der Waals surface area (Å²) in [6.45, 7) is 7.01. The van der Waals surface area contributed by atoms with Gasteiger partial charge in [-0.15, -0.1) is 0 Å². The maximum atomic E-state index is 12.6. The maximum absolute atomic E-state index is 12.6. The molecule has 0 aliphatic carbocycles. The Morgan fingerprint density at radius 2 is 1.79 bits per heavy atom. The molecule has 5 nitrogen and oxygen atoms in total. The van der Waals surface area contributed by atoms with Crippen LogP contribution in [0.15, 0.2) is 54.6 Å². The van der Waals surface area contributed by atoms with E-state index in [0.29, 0.717) is 13.1 Å². The van der Waals surface area contributed by atoms with E-state index in [-0.39, 0.29) is 36.2 Å². The molecule has 1 heterocycles. The number of hydrogen-bond acceptors (Lipinski definition) is 3. The van der Waals surface area contributed by atoms with Crippen LogP contribution in [0.3, 0.4) is 0 Å². The molecule has 0 saturated carbocycles. The minimum absolute atomic E-state index is 0.0196. The van der Waals surface area contributed by atoms with Crippen molar-refractivity contribution < 1.29 is 14.3 Å².